The van der Waals surface area contributed by atoms with Gasteiger partial charge in [-0.05, 0) is 36.2 Å². The zero-order valence-electron chi connectivity index (χ0n) is 16.7. The molecule has 0 aromatic heterocycles. The molecule has 0 bridgehead atoms. The Labute approximate surface area is 172 Å². The first kappa shape index (κ1) is 20.3. The summed E-state index contributed by atoms with van der Waals surface area (Å²) in [6.45, 7) is 3.75. The van der Waals surface area contributed by atoms with Gasteiger partial charge < -0.3 is 19.9 Å². The third-order valence-corrected chi connectivity index (χ3v) is 4.97. The van der Waals surface area contributed by atoms with Gasteiger partial charge in [-0.1, -0.05) is 30.3 Å². The van der Waals surface area contributed by atoms with Gasteiger partial charge in [0.2, 0.25) is 0 Å². The Bertz CT molecular complexity index is 864. The molecule has 0 spiro atoms. The van der Waals surface area contributed by atoms with Gasteiger partial charge in [-0.25, -0.2) is 0 Å². The van der Waals surface area contributed by atoms with Gasteiger partial charge in [0.05, 0.1) is 7.11 Å². The number of nitrogens with zero attached hydrogens (tertiary/aromatic N) is 3. The van der Waals surface area contributed by atoms with Gasteiger partial charge in [0.15, 0.2) is 0 Å². The van der Waals surface area contributed by atoms with E-state index in [1.807, 2.05) is 53.4 Å². The monoisotopic (exact) mass is 390 g/mol. The summed E-state index contributed by atoms with van der Waals surface area (Å²) in [6.07, 6.45) is 2.38. The van der Waals surface area contributed by atoms with Gasteiger partial charge in [0.1, 0.15) is 17.4 Å². The van der Waals surface area contributed by atoms with E-state index < -0.39 is 0 Å². The number of carbonyl (C=O) groups excluding carboxylic acids is 1. The number of rotatable bonds is 7. The minimum Gasteiger partial charge on any atom is -0.497 e. The molecular weight excluding hydrogens is 364 g/mol. The molecule has 1 N–H and O–H groups in total. The quantitative estimate of drug-likeness (QED) is 0.581. The lowest BCUT2D eigenvalue weighted by Gasteiger charge is -2.35. The van der Waals surface area contributed by atoms with Crippen LogP contribution in [0.25, 0.3) is 0 Å². The number of ether oxygens (including phenoxy) is 1. The number of piperazine rings is 1. The zero-order valence-corrected chi connectivity index (χ0v) is 16.7. The van der Waals surface area contributed by atoms with E-state index in [0.29, 0.717) is 13.0 Å². The molecule has 1 heterocycles. The molecule has 2 aromatic carbocycles. The predicted molar refractivity (Wildman–Crippen MR) is 114 cm³/mol. The van der Waals surface area contributed by atoms with Crippen LogP contribution in [0.2, 0.25) is 0 Å². The second-order valence-electron chi connectivity index (χ2n) is 6.87. The highest BCUT2D eigenvalue weighted by Gasteiger charge is 2.17. The molecule has 0 radical (unpaired) electrons. The van der Waals surface area contributed by atoms with Crippen LogP contribution in [-0.4, -0.2) is 50.6 Å². The van der Waals surface area contributed by atoms with Gasteiger partial charge in [0, 0.05) is 44.6 Å². The lowest BCUT2D eigenvalue weighted by atomic mass is 10.1. The molecule has 0 aliphatic carbocycles. The summed E-state index contributed by atoms with van der Waals surface area (Å²) < 4.78 is 5.14. The molecule has 1 fully saturated rings. The van der Waals surface area contributed by atoms with Gasteiger partial charge in [-0.2, -0.15) is 5.26 Å². The average Bonchev–Trinajstić information content (AvgIpc) is 2.79. The first-order valence-electron chi connectivity index (χ1n) is 9.76. The molecule has 1 saturated heterocycles. The summed E-state index contributed by atoms with van der Waals surface area (Å²) in [5, 5.41) is 12.2. The van der Waals surface area contributed by atoms with Crippen LogP contribution < -0.4 is 15.0 Å². The van der Waals surface area contributed by atoms with Crippen molar-refractivity contribution < 1.29 is 9.53 Å². The van der Waals surface area contributed by atoms with Crippen molar-refractivity contribution >= 4 is 11.6 Å². The molecule has 0 unspecified atom stereocenters. The number of benzene rings is 2. The Morgan fingerprint density at radius 1 is 1.10 bits per heavy atom. The normalized spacial score (nSPS) is 14.3. The standard InChI is InChI=1S/C23H26N4O2/c1-29-22-9-7-19(8-10-22)11-12-25-23(28)20(17-24)18-26-13-15-27(16-14-26)21-5-3-2-4-6-21/h2-10,18H,11-16H2,1H3,(H,25,28)/b20-18-. The van der Waals surface area contributed by atoms with Crippen LogP contribution in [0.5, 0.6) is 5.75 Å². The van der Waals surface area contributed by atoms with Crippen molar-refractivity contribution in [3.63, 3.8) is 0 Å². The Morgan fingerprint density at radius 3 is 2.41 bits per heavy atom. The van der Waals surface area contributed by atoms with E-state index in [9.17, 15) is 10.1 Å². The van der Waals surface area contributed by atoms with Crippen LogP contribution in [0.3, 0.4) is 0 Å². The Hall–Kier alpha value is -3.46. The zero-order chi connectivity index (χ0) is 20.5. The average molecular weight is 390 g/mol. The highest BCUT2D eigenvalue weighted by atomic mass is 16.5. The largest absolute Gasteiger partial charge is 0.497 e. The van der Waals surface area contributed by atoms with Crippen LogP contribution in [0, 0.1) is 11.3 Å². The minimum absolute atomic E-state index is 0.146. The van der Waals surface area contributed by atoms with Crippen molar-refractivity contribution in [1.82, 2.24) is 10.2 Å². The number of hydrogen-bond acceptors (Lipinski definition) is 5. The van der Waals surface area contributed by atoms with E-state index in [1.165, 1.54) is 5.69 Å². The van der Waals surface area contributed by atoms with E-state index in [1.54, 1.807) is 13.3 Å². The van der Waals surface area contributed by atoms with Gasteiger partial charge in [-0.3, -0.25) is 4.79 Å². The predicted octanol–water partition coefficient (Wildman–Crippen LogP) is 2.58. The summed E-state index contributed by atoms with van der Waals surface area (Å²) in [7, 11) is 1.63. The lowest BCUT2D eigenvalue weighted by Crippen LogP contribution is -2.44. The maximum atomic E-state index is 12.4. The Balaban J connectivity index is 1.47. The number of nitriles is 1. The van der Waals surface area contributed by atoms with Crippen molar-refractivity contribution in [2.45, 2.75) is 6.42 Å². The van der Waals surface area contributed by atoms with Crippen LogP contribution >= 0.6 is 0 Å². The van der Waals surface area contributed by atoms with Crippen LogP contribution in [0.4, 0.5) is 5.69 Å². The lowest BCUT2D eigenvalue weighted by molar-refractivity contribution is -0.117. The van der Waals surface area contributed by atoms with Crippen LogP contribution in [-0.2, 0) is 11.2 Å². The summed E-state index contributed by atoms with van der Waals surface area (Å²) in [5.41, 5.74) is 2.45. The summed E-state index contributed by atoms with van der Waals surface area (Å²) in [5.74, 6) is 0.478. The fraction of sp³-hybridized carbons (Fsp3) is 0.304. The fourth-order valence-electron chi connectivity index (χ4n) is 3.28. The maximum Gasteiger partial charge on any atom is 0.263 e. The number of hydrogen-bond donors (Lipinski definition) is 1. The van der Waals surface area contributed by atoms with E-state index in [4.69, 9.17) is 4.74 Å². The van der Waals surface area contributed by atoms with Gasteiger partial charge in [-0.15, -0.1) is 0 Å². The second-order valence-corrected chi connectivity index (χ2v) is 6.87. The maximum absolute atomic E-state index is 12.4. The minimum atomic E-state index is -0.327. The van der Waals surface area contributed by atoms with Crippen molar-refractivity contribution in [2.24, 2.45) is 0 Å². The number of para-hydroxylation sites is 1. The van der Waals surface area contributed by atoms with Crippen molar-refractivity contribution in [3.05, 3.63) is 71.9 Å². The molecule has 2 aromatic rings. The smallest absolute Gasteiger partial charge is 0.263 e. The van der Waals surface area contributed by atoms with Crippen LogP contribution in [0.15, 0.2) is 66.4 Å². The molecule has 150 valence electrons. The molecule has 3 rings (SSSR count). The first-order valence-corrected chi connectivity index (χ1v) is 9.76. The third-order valence-electron chi connectivity index (χ3n) is 4.97. The molecule has 1 aliphatic heterocycles. The summed E-state index contributed by atoms with van der Waals surface area (Å²) in [4.78, 5) is 16.7. The van der Waals surface area contributed by atoms with E-state index in [2.05, 4.69) is 22.3 Å². The van der Waals surface area contributed by atoms with E-state index in [0.717, 1.165) is 37.5 Å². The summed E-state index contributed by atoms with van der Waals surface area (Å²) >= 11 is 0. The van der Waals surface area contributed by atoms with Crippen molar-refractivity contribution in [3.8, 4) is 11.8 Å². The molecule has 0 atom stereocenters. The topological polar surface area (TPSA) is 68.6 Å². The van der Waals surface area contributed by atoms with E-state index >= 15 is 0 Å². The molecule has 1 amide bonds. The number of amides is 1. The third kappa shape index (κ3) is 5.76. The summed E-state index contributed by atoms with van der Waals surface area (Å²) in [6, 6.07) is 20.0. The highest BCUT2D eigenvalue weighted by Crippen LogP contribution is 2.16. The molecule has 6 nitrogen and oxygen atoms in total. The molecule has 29 heavy (non-hydrogen) atoms. The number of nitrogens with one attached hydrogen (secondary N) is 1. The van der Waals surface area contributed by atoms with Gasteiger partial charge in [0.25, 0.3) is 5.91 Å². The van der Waals surface area contributed by atoms with Crippen molar-refractivity contribution in [1.29, 1.82) is 5.26 Å². The Kier molecular flexibility index (Phi) is 7.12. The molecule has 1 aliphatic rings. The van der Waals surface area contributed by atoms with Crippen molar-refractivity contribution in [2.75, 3.05) is 44.7 Å². The first-order chi connectivity index (χ1) is 14.2. The van der Waals surface area contributed by atoms with E-state index in [-0.39, 0.29) is 11.5 Å². The molecule has 6 heteroatoms. The van der Waals surface area contributed by atoms with Crippen LogP contribution in [0.1, 0.15) is 5.56 Å². The number of anilines is 1. The number of methoxy groups -OCH3 is 1. The fourth-order valence-corrected chi connectivity index (χ4v) is 3.28. The van der Waals surface area contributed by atoms with Gasteiger partial charge >= 0.3 is 0 Å². The second kappa shape index (κ2) is 10.2. The SMILES string of the molecule is COc1ccc(CCNC(=O)/C(C#N)=C\N2CCN(c3ccccc3)CC2)cc1. The molecular formula is C23H26N4O2. The number of carbonyl (C=O) groups is 1. The Morgan fingerprint density at radius 2 is 1.79 bits per heavy atom. The highest BCUT2D eigenvalue weighted by molar-refractivity contribution is 5.97. The molecule has 0 saturated carbocycles.